The van der Waals surface area contributed by atoms with Crippen molar-refractivity contribution in [2.45, 2.75) is 30.8 Å². The van der Waals surface area contributed by atoms with Gasteiger partial charge in [-0.2, -0.15) is 0 Å². The number of aliphatic carboxylic acids is 1. The van der Waals surface area contributed by atoms with E-state index in [9.17, 15) is 13.2 Å². The van der Waals surface area contributed by atoms with Crippen molar-refractivity contribution in [3.63, 3.8) is 0 Å². The first-order valence-corrected chi connectivity index (χ1v) is 7.50. The Morgan fingerprint density at radius 3 is 2.30 bits per heavy atom. The molecule has 0 amide bonds. The fraction of sp³-hybridized carbons (Fsp3) is 0.462. The number of sulfonamides is 1. The molecule has 0 saturated heterocycles. The van der Waals surface area contributed by atoms with Gasteiger partial charge in [-0.25, -0.2) is 13.1 Å². The Balaban J connectivity index is 2.80. The fourth-order valence-corrected chi connectivity index (χ4v) is 2.58. The molecule has 2 N–H and O–H groups in total. The van der Waals surface area contributed by atoms with Crippen LogP contribution in [0.5, 0.6) is 0 Å². The molecule has 0 unspecified atom stereocenters. The molecule has 0 saturated carbocycles. The lowest BCUT2D eigenvalue weighted by Gasteiger charge is -2.23. The minimum atomic E-state index is -3.63. The molecule has 0 spiro atoms. The smallest absolute Gasteiger partial charge is 0.307 e. The fourth-order valence-electron chi connectivity index (χ4n) is 1.39. The molecular weight excluding hydrogens is 282 g/mol. The summed E-state index contributed by atoms with van der Waals surface area (Å²) < 4.78 is 31.7. The zero-order valence-electron chi connectivity index (χ0n) is 11.7. The van der Waals surface area contributed by atoms with Crippen LogP contribution in [0.1, 0.15) is 19.4 Å². The molecule has 0 radical (unpaired) electrons. The second-order valence-electron chi connectivity index (χ2n) is 5.00. The van der Waals surface area contributed by atoms with Gasteiger partial charge < -0.3 is 9.84 Å². The summed E-state index contributed by atoms with van der Waals surface area (Å²) in [5.74, 6) is -0.958. The number of ether oxygens (including phenoxy) is 1. The minimum absolute atomic E-state index is 0.0959. The SMILES string of the molecule is COC(C)(C)CNS(=O)(=O)c1ccc(CC(=O)O)cc1. The first-order valence-electron chi connectivity index (χ1n) is 6.02. The molecule has 0 aliphatic rings. The van der Waals surface area contributed by atoms with Crippen LogP contribution < -0.4 is 4.72 Å². The summed E-state index contributed by atoms with van der Waals surface area (Å²) in [5, 5.41) is 8.65. The average Bonchev–Trinajstić information content (AvgIpc) is 2.37. The Labute approximate surface area is 118 Å². The number of methoxy groups -OCH3 is 1. The number of benzene rings is 1. The monoisotopic (exact) mass is 301 g/mol. The van der Waals surface area contributed by atoms with E-state index in [1.165, 1.54) is 31.4 Å². The van der Waals surface area contributed by atoms with Crippen molar-refractivity contribution < 1.29 is 23.1 Å². The van der Waals surface area contributed by atoms with Crippen molar-refractivity contribution in [2.75, 3.05) is 13.7 Å². The molecule has 112 valence electrons. The van der Waals surface area contributed by atoms with Crippen molar-refractivity contribution in [1.82, 2.24) is 4.72 Å². The molecule has 20 heavy (non-hydrogen) atoms. The van der Waals surface area contributed by atoms with E-state index in [4.69, 9.17) is 9.84 Å². The van der Waals surface area contributed by atoms with Crippen LogP contribution in [0.2, 0.25) is 0 Å². The van der Waals surface area contributed by atoms with Gasteiger partial charge in [-0.05, 0) is 31.5 Å². The molecule has 1 rings (SSSR count). The molecular formula is C13H19NO5S. The van der Waals surface area contributed by atoms with Crippen LogP contribution in [0.4, 0.5) is 0 Å². The predicted molar refractivity (Wildman–Crippen MR) is 74.1 cm³/mol. The Morgan fingerprint density at radius 2 is 1.85 bits per heavy atom. The molecule has 0 aliphatic heterocycles. The standard InChI is InChI=1S/C13H19NO5S/c1-13(2,19-3)9-14-20(17,18)11-6-4-10(5-7-11)8-12(15)16/h4-7,14H,8-9H2,1-3H3,(H,15,16). The Bertz CT molecular complexity index is 563. The summed E-state index contributed by atoms with van der Waals surface area (Å²) in [7, 11) is -2.12. The molecule has 6 nitrogen and oxygen atoms in total. The molecule has 0 aliphatic carbocycles. The lowest BCUT2D eigenvalue weighted by molar-refractivity contribution is -0.136. The van der Waals surface area contributed by atoms with Gasteiger partial charge >= 0.3 is 5.97 Å². The maximum Gasteiger partial charge on any atom is 0.307 e. The number of rotatable bonds is 7. The van der Waals surface area contributed by atoms with E-state index in [1.807, 2.05) is 0 Å². The second kappa shape index (κ2) is 6.34. The first-order chi connectivity index (χ1) is 9.16. The van der Waals surface area contributed by atoms with Crippen LogP contribution >= 0.6 is 0 Å². The third-order valence-corrected chi connectivity index (χ3v) is 4.25. The van der Waals surface area contributed by atoms with Crippen molar-refractivity contribution in [1.29, 1.82) is 0 Å². The van der Waals surface area contributed by atoms with E-state index < -0.39 is 21.6 Å². The highest BCUT2D eigenvalue weighted by atomic mass is 32.2. The lowest BCUT2D eigenvalue weighted by atomic mass is 10.1. The Hall–Kier alpha value is -1.44. The predicted octanol–water partition coefficient (Wildman–Crippen LogP) is 1.02. The number of carboxylic acid groups (broad SMARTS) is 1. The van der Waals surface area contributed by atoms with Gasteiger partial charge in [-0.1, -0.05) is 12.1 Å². The summed E-state index contributed by atoms with van der Waals surface area (Å²) in [6, 6.07) is 5.76. The highest BCUT2D eigenvalue weighted by Gasteiger charge is 2.21. The average molecular weight is 301 g/mol. The molecule has 0 aromatic heterocycles. The summed E-state index contributed by atoms with van der Waals surface area (Å²) in [4.78, 5) is 10.6. The van der Waals surface area contributed by atoms with Crippen LogP contribution in [0.15, 0.2) is 29.2 Å². The van der Waals surface area contributed by atoms with Crippen LogP contribution in [0.3, 0.4) is 0 Å². The van der Waals surface area contributed by atoms with Crippen molar-refractivity contribution in [2.24, 2.45) is 0 Å². The summed E-state index contributed by atoms with van der Waals surface area (Å²) >= 11 is 0. The summed E-state index contributed by atoms with van der Waals surface area (Å²) in [6.07, 6.45) is -0.134. The van der Waals surface area contributed by atoms with Gasteiger partial charge in [0.05, 0.1) is 16.9 Å². The Kier molecular flexibility index (Phi) is 5.27. The second-order valence-corrected chi connectivity index (χ2v) is 6.77. The number of carbonyl (C=O) groups is 1. The summed E-state index contributed by atoms with van der Waals surface area (Å²) in [6.45, 7) is 3.68. The highest BCUT2D eigenvalue weighted by Crippen LogP contribution is 2.13. The van der Waals surface area contributed by atoms with Crippen LogP contribution in [0.25, 0.3) is 0 Å². The third-order valence-electron chi connectivity index (χ3n) is 2.83. The van der Waals surface area contributed by atoms with Crippen molar-refractivity contribution in [3.8, 4) is 0 Å². The number of hydrogen-bond donors (Lipinski definition) is 2. The molecule has 1 aromatic rings. The molecule has 7 heteroatoms. The van der Waals surface area contributed by atoms with E-state index in [0.717, 1.165) is 0 Å². The summed E-state index contributed by atoms with van der Waals surface area (Å²) in [5.41, 5.74) is -0.0512. The first kappa shape index (κ1) is 16.6. The molecule has 0 atom stereocenters. The zero-order valence-corrected chi connectivity index (χ0v) is 12.5. The molecule has 0 heterocycles. The Morgan fingerprint density at radius 1 is 1.30 bits per heavy atom. The molecule has 1 aromatic carbocycles. The van der Waals surface area contributed by atoms with E-state index in [-0.39, 0.29) is 17.9 Å². The van der Waals surface area contributed by atoms with Crippen molar-refractivity contribution >= 4 is 16.0 Å². The number of nitrogens with one attached hydrogen (secondary N) is 1. The van der Waals surface area contributed by atoms with Crippen LogP contribution in [-0.4, -0.2) is 38.7 Å². The largest absolute Gasteiger partial charge is 0.481 e. The quantitative estimate of drug-likeness (QED) is 0.784. The highest BCUT2D eigenvalue weighted by molar-refractivity contribution is 7.89. The minimum Gasteiger partial charge on any atom is -0.481 e. The van der Waals surface area contributed by atoms with Crippen LogP contribution in [-0.2, 0) is 26.0 Å². The van der Waals surface area contributed by atoms with Gasteiger partial charge in [0.1, 0.15) is 0 Å². The molecule has 0 fully saturated rings. The van der Waals surface area contributed by atoms with Crippen molar-refractivity contribution in [3.05, 3.63) is 29.8 Å². The number of carboxylic acids is 1. The lowest BCUT2D eigenvalue weighted by Crippen LogP contribution is -2.39. The van der Waals surface area contributed by atoms with E-state index in [2.05, 4.69) is 4.72 Å². The van der Waals surface area contributed by atoms with Gasteiger partial charge in [0.25, 0.3) is 0 Å². The topological polar surface area (TPSA) is 92.7 Å². The molecule has 0 bridgehead atoms. The van der Waals surface area contributed by atoms with E-state index >= 15 is 0 Å². The van der Waals surface area contributed by atoms with Crippen LogP contribution in [0, 0.1) is 0 Å². The third kappa shape index (κ3) is 4.92. The zero-order chi connectivity index (χ0) is 15.4. The maximum atomic E-state index is 12.0. The van der Waals surface area contributed by atoms with Gasteiger partial charge in [-0.15, -0.1) is 0 Å². The maximum absolute atomic E-state index is 12.0. The van der Waals surface area contributed by atoms with Gasteiger partial charge in [-0.3, -0.25) is 4.79 Å². The normalized spacial score (nSPS) is 12.3. The van der Waals surface area contributed by atoms with Gasteiger partial charge in [0.15, 0.2) is 0 Å². The van der Waals surface area contributed by atoms with Gasteiger partial charge in [0, 0.05) is 13.7 Å². The van der Waals surface area contributed by atoms with Gasteiger partial charge in [0.2, 0.25) is 10.0 Å². The van der Waals surface area contributed by atoms with E-state index in [0.29, 0.717) is 5.56 Å². The van der Waals surface area contributed by atoms with E-state index in [1.54, 1.807) is 13.8 Å². The number of hydrogen-bond acceptors (Lipinski definition) is 4.